The number of aliphatic hydroxyl groups is 1. The highest BCUT2D eigenvalue weighted by Gasteiger charge is 2.31. The van der Waals surface area contributed by atoms with Gasteiger partial charge in [-0.25, -0.2) is 13.6 Å². The minimum absolute atomic E-state index is 0.0434. The van der Waals surface area contributed by atoms with Crippen molar-refractivity contribution in [1.82, 2.24) is 10.6 Å². The highest BCUT2D eigenvalue weighted by Crippen LogP contribution is 2.34. The molecule has 0 heterocycles. The van der Waals surface area contributed by atoms with E-state index in [1.165, 1.54) is 12.1 Å². The average molecular weight is 338 g/mol. The second-order valence-corrected chi connectivity index (χ2v) is 7.25. The van der Waals surface area contributed by atoms with Gasteiger partial charge in [0.05, 0.1) is 6.04 Å². The Hall–Kier alpha value is -1.95. The topological polar surface area (TPSA) is 61.4 Å². The summed E-state index contributed by atoms with van der Waals surface area (Å²) in [5.41, 5.74) is -0.218. The van der Waals surface area contributed by atoms with Crippen LogP contribution in [-0.4, -0.2) is 23.8 Å². The summed E-state index contributed by atoms with van der Waals surface area (Å²) in [4.78, 5) is 12.3. The zero-order valence-corrected chi connectivity index (χ0v) is 14.1. The number of halogens is 2. The van der Waals surface area contributed by atoms with Crippen LogP contribution in [0.2, 0.25) is 0 Å². The lowest BCUT2D eigenvalue weighted by molar-refractivity contribution is 0.212. The van der Waals surface area contributed by atoms with Crippen LogP contribution in [0.4, 0.5) is 13.6 Å². The van der Waals surface area contributed by atoms with E-state index in [0.717, 1.165) is 6.07 Å². The molecule has 0 spiro atoms. The van der Waals surface area contributed by atoms with Crippen molar-refractivity contribution >= 4 is 6.03 Å². The lowest BCUT2D eigenvalue weighted by Crippen LogP contribution is -2.45. The van der Waals surface area contributed by atoms with E-state index in [9.17, 15) is 13.6 Å². The van der Waals surface area contributed by atoms with Crippen LogP contribution in [0.1, 0.15) is 38.8 Å². The van der Waals surface area contributed by atoms with Gasteiger partial charge < -0.3 is 15.7 Å². The molecule has 6 heteroatoms. The SMILES string of the molecule is CC(C)(C)C(NC(=O)N[C@@H]1C=C[C@H](CO)C1)c1ccc(F)cc1F. The molecule has 0 aliphatic heterocycles. The first kappa shape index (κ1) is 18.4. The second-order valence-electron chi connectivity index (χ2n) is 7.25. The number of hydrogen-bond acceptors (Lipinski definition) is 2. The van der Waals surface area contributed by atoms with Crippen LogP contribution in [0.15, 0.2) is 30.4 Å². The van der Waals surface area contributed by atoms with Crippen LogP contribution in [0.25, 0.3) is 0 Å². The van der Waals surface area contributed by atoms with Gasteiger partial charge in [0.1, 0.15) is 11.6 Å². The molecule has 3 atom stereocenters. The molecular formula is C18H24F2N2O2. The van der Waals surface area contributed by atoms with Crippen LogP contribution in [0, 0.1) is 23.0 Å². The Morgan fingerprint density at radius 2 is 2.04 bits per heavy atom. The summed E-state index contributed by atoms with van der Waals surface area (Å²) in [7, 11) is 0. The fourth-order valence-corrected chi connectivity index (χ4v) is 2.85. The van der Waals surface area contributed by atoms with Gasteiger partial charge in [0.15, 0.2) is 0 Å². The Morgan fingerprint density at radius 3 is 2.58 bits per heavy atom. The number of rotatable bonds is 4. The number of carbonyl (C=O) groups is 1. The lowest BCUT2D eigenvalue weighted by Gasteiger charge is -2.32. The molecule has 0 fully saturated rings. The van der Waals surface area contributed by atoms with E-state index in [-0.39, 0.29) is 24.1 Å². The molecule has 0 aromatic heterocycles. The van der Waals surface area contributed by atoms with Crippen molar-refractivity contribution in [2.75, 3.05) is 6.61 Å². The van der Waals surface area contributed by atoms with Gasteiger partial charge in [0.25, 0.3) is 0 Å². The maximum absolute atomic E-state index is 14.1. The third kappa shape index (κ3) is 4.54. The molecule has 4 nitrogen and oxygen atoms in total. The number of hydrogen-bond donors (Lipinski definition) is 3. The monoisotopic (exact) mass is 338 g/mol. The summed E-state index contributed by atoms with van der Waals surface area (Å²) in [6.07, 6.45) is 4.34. The van der Waals surface area contributed by atoms with Crippen molar-refractivity contribution < 1.29 is 18.7 Å². The number of carbonyl (C=O) groups excluding carboxylic acids is 1. The summed E-state index contributed by atoms with van der Waals surface area (Å²) in [5.74, 6) is -1.29. The predicted octanol–water partition coefficient (Wildman–Crippen LogP) is 3.29. The Morgan fingerprint density at radius 1 is 1.33 bits per heavy atom. The van der Waals surface area contributed by atoms with Crippen molar-refractivity contribution in [1.29, 1.82) is 0 Å². The molecular weight excluding hydrogens is 314 g/mol. The minimum Gasteiger partial charge on any atom is -0.396 e. The van der Waals surface area contributed by atoms with Crippen molar-refractivity contribution in [3.63, 3.8) is 0 Å². The van der Waals surface area contributed by atoms with Gasteiger partial charge in [-0.1, -0.05) is 39.0 Å². The maximum atomic E-state index is 14.1. The molecule has 1 unspecified atom stereocenters. The van der Waals surface area contributed by atoms with Gasteiger partial charge in [0.2, 0.25) is 0 Å². The molecule has 0 saturated heterocycles. The Bertz CT molecular complexity index is 626. The van der Waals surface area contributed by atoms with Crippen molar-refractivity contribution in [2.45, 2.75) is 39.3 Å². The normalized spacial score (nSPS) is 21.6. The largest absolute Gasteiger partial charge is 0.396 e. The number of aliphatic hydroxyl groups excluding tert-OH is 1. The molecule has 0 saturated carbocycles. The third-order valence-electron chi connectivity index (χ3n) is 4.14. The number of nitrogens with one attached hydrogen (secondary N) is 2. The van der Waals surface area contributed by atoms with Gasteiger partial charge >= 0.3 is 6.03 Å². The Labute approximate surface area is 141 Å². The smallest absolute Gasteiger partial charge is 0.315 e. The molecule has 3 N–H and O–H groups in total. The zero-order valence-electron chi connectivity index (χ0n) is 14.1. The van der Waals surface area contributed by atoms with Crippen LogP contribution < -0.4 is 10.6 Å². The van der Waals surface area contributed by atoms with E-state index in [4.69, 9.17) is 5.11 Å². The van der Waals surface area contributed by atoms with Crippen molar-refractivity contribution in [3.05, 3.63) is 47.5 Å². The quantitative estimate of drug-likeness (QED) is 0.738. The van der Waals surface area contributed by atoms with Crippen molar-refractivity contribution in [3.8, 4) is 0 Å². The molecule has 0 bridgehead atoms. The Balaban J connectivity index is 2.09. The predicted molar refractivity (Wildman–Crippen MR) is 88.3 cm³/mol. The first-order chi connectivity index (χ1) is 11.2. The van der Waals surface area contributed by atoms with Crippen LogP contribution in [-0.2, 0) is 0 Å². The summed E-state index contributed by atoms with van der Waals surface area (Å²) < 4.78 is 27.3. The van der Waals surface area contributed by atoms with E-state index in [0.29, 0.717) is 6.42 Å². The van der Waals surface area contributed by atoms with Crippen molar-refractivity contribution in [2.24, 2.45) is 11.3 Å². The first-order valence-corrected chi connectivity index (χ1v) is 8.02. The highest BCUT2D eigenvalue weighted by atomic mass is 19.1. The lowest BCUT2D eigenvalue weighted by atomic mass is 9.82. The maximum Gasteiger partial charge on any atom is 0.315 e. The summed E-state index contributed by atoms with van der Waals surface area (Å²) in [6.45, 7) is 5.66. The van der Waals surface area contributed by atoms with Gasteiger partial charge in [-0.05, 0) is 17.9 Å². The second kappa shape index (κ2) is 7.30. The van der Waals surface area contributed by atoms with Gasteiger partial charge in [-0.15, -0.1) is 0 Å². The molecule has 0 radical (unpaired) electrons. The van der Waals surface area contributed by atoms with Gasteiger partial charge in [-0.3, -0.25) is 0 Å². The van der Waals surface area contributed by atoms with E-state index in [1.807, 2.05) is 32.9 Å². The average Bonchev–Trinajstić information content (AvgIpc) is 2.92. The molecule has 1 aliphatic rings. The zero-order chi connectivity index (χ0) is 17.9. The highest BCUT2D eigenvalue weighted by molar-refractivity contribution is 5.75. The summed E-state index contributed by atoms with van der Waals surface area (Å²) in [5, 5.41) is 14.7. The fraction of sp³-hybridized carbons (Fsp3) is 0.500. The van der Waals surface area contributed by atoms with Gasteiger partial charge in [-0.2, -0.15) is 0 Å². The van der Waals surface area contributed by atoms with Gasteiger partial charge in [0, 0.05) is 30.2 Å². The molecule has 2 amide bonds. The number of urea groups is 1. The molecule has 1 aromatic carbocycles. The van der Waals surface area contributed by atoms with E-state index < -0.39 is 29.1 Å². The number of amides is 2. The van der Waals surface area contributed by atoms with E-state index in [1.54, 1.807) is 0 Å². The van der Waals surface area contributed by atoms with Crippen LogP contribution >= 0.6 is 0 Å². The molecule has 1 aliphatic carbocycles. The Kier molecular flexibility index (Phi) is 5.59. The summed E-state index contributed by atoms with van der Waals surface area (Å²) >= 11 is 0. The molecule has 1 aromatic rings. The fourth-order valence-electron chi connectivity index (χ4n) is 2.85. The molecule has 2 rings (SSSR count). The van der Waals surface area contributed by atoms with Crippen LogP contribution in [0.5, 0.6) is 0 Å². The number of benzene rings is 1. The third-order valence-corrected chi connectivity index (χ3v) is 4.14. The first-order valence-electron chi connectivity index (χ1n) is 8.02. The molecule has 132 valence electrons. The minimum atomic E-state index is -0.684. The standard InChI is InChI=1S/C18H24F2N2O2/c1-18(2,3)16(14-7-5-12(19)9-15(14)20)22-17(24)21-13-6-4-11(8-13)10-23/h4-7,9,11,13,16,23H,8,10H2,1-3H3,(H2,21,22,24)/t11-,13+,16?/m0/s1. The van der Waals surface area contributed by atoms with Crippen LogP contribution in [0.3, 0.4) is 0 Å². The molecule has 24 heavy (non-hydrogen) atoms. The van der Waals surface area contributed by atoms with E-state index in [2.05, 4.69) is 10.6 Å². The van der Waals surface area contributed by atoms with E-state index >= 15 is 0 Å². The summed E-state index contributed by atoms with van der Waals surface area (Å²) in [6, 6.07) is 2.16.